The van der Waals surface area contributed by atoms with E-state index in [0.29, 0.717) is 37.1 Å². The Kier molecular flexibility index (Phi) is 5.64. The van der Waals surface area contributed by atoms with Gasteiger partial charge in [-0.25, -0.2) is 0 Å². The SMILES string of the molecule is COc1ccc(CCc2nnc(CCC(=O)N(C)C(C3CC3)C3CC3)o2)cc1. The number of nitrogens with zero attached hydrogens (tertiary/aromatic N) is 3. The number of carbonyl (C=O) groups excluding carboxylic acids is 1. The molecule has 1 amide bonds. The Morgan fingerprint density at radius 3 is 2.25 bits per heavy atom. The van der Waals surface area contributed by atoms with Crippen molar-refractivity contribution in [3.8, 4) is 5.75 Å². The first-order valence-electron chi connectivity index (χ1n) is 10.3. The summed E-state index contributed by atoms with van der Waals surface area (Å²) in [5.74, 6) is 3.69. The van der Waals surface area contributed by atoms with Crippen molar-refractivity contribution >= 4 is 5.91 Å². The zero-order valence-electron chi connectivity index (χ0n) is 16.8. The molecule has 2 saturated carbocycles. The monoisotopic (exact) mass is 383 g/mol. The van der Waals surface area contributed by atoms with E-state index in [4.69, 9.17) is 9.15 Å². The quantitative estimate of drug-likeness (QED) is 0.629. The molecule has 2 aromatic rings. The number of hydrogen-bond donors (Lipinski definition) is 0. The number of rotatable bonds is 10. The van der Waals surface area contributed by atoms with Crippen LogP contribution in [0.25, 0.3) is 0 Å². The summed E-state index contributed by atoms with van der Waals surface area (Å²) in [5.41, 5.74) is 1.20. The summed E-state index contributed by atoms with van der Waals surface area (Å²) in [7, 11) is 3.63. The largest absolute Gasteiger partial charge is 0.497 e. The van der Waals surface area contributed by atoms with Gasteiger partial charge in [0, 0.05) is 32.4 Å². The lowest BCUT2D eigenvalue weighted by molar-refractivity contribution is -0.132. The van der Waals surface area contributed by atoms with Crippen LogP contribution < -0.4 is 4.74 Å². The fourth-order valence-corrected chi connectivity index (χ4v) is 3.98. The third-order valence-corrected chi connectivity index (χ3v) is 5.90. The highest BCUT2D eigenvalue weighted by Crippen LogP contribution is 2.46. The van der Waals surface area contributed by atoms with Gasteiger partial charge in [-0.15, -0.1) is 10.2 Å². The second-order valence-electron chi connectivity index (χ2n) is 8.11. The lowest BCUT2D eigenvalue weighted by Gasteiger charge is -2.28. The predicted octanol–water partition coefficient (Wildman–Crippen LogP) is 3.44. The highest BCUT2D eigenvalue weighted by atomic mass is 16.5. The van der Waals surface area contributed by atoms with Crippen molar-refractivity contribution in [3.63, 3.8) is 0 Å². The van der Waals surface area contributed by atoms with E-state index >= 15 is 0 Å². The van der Waals surface area contributed by atoms with E-state index in [1.165, 1.54) is 31.2 Å². The van der Waals surface area contributed by atoms with Gasteiger partial charge in [0.2, 0.25) is 17.7 Å². The van der Waals surface area contributed by atoms with Gasteiger partial charge < -0.3 is 14.1 Å². The number of benzene rings is 1. The third kappa shape index (κ3) is 4.72. The molecule has 4 rings (SSSR count). The molecular formula is C22H29N3O3. The smallest absolute Gasteiger partial charge is 0.223 e. The third-order valence-electron chi connectivity index (χ3n) is 5.90. The fourth-order valence-electron chi connectivity index (χ4n) is 3.98. The van der Waals surface area contributed by atoms with Crippen molar-refractivity contribution < 1.29 is 13.9 Å². The molecule has 2 aliphatic carbocycles. The minimum atomic E-state index is 0.196. The summed E-state index contributed by atoms with van der Waals surface area (Å²) in [4.78, 5) is 14.6. The molecule has 6 nitrogen and oxygen atoms in total. The zero-order chi connectivity index (χ0) is 19.5. The molecular weight excluding hydrogens is 354 g/mol. The maximum atomic E-state index is 12.6. The first kappa shape index (κ1) is 19.0. The topological polar surface area (TPSA) is 68.5 Å². The summed E-state index contributed by atoms with van der Waals surface area (Å²) in [6, 6.07) is 8.44. The maximum absolute atomic E-state index is 12.6. The summed E-state index contributed by atoms with van der Waals surface area (Å²) < 4.78 is 10.9. The molecule has 0 spiro atoms. The average molecular weight is 383 g/mol. The highest BCUT2D eigenvalue weighted by Gasteiger charge is 2.44. The summed E-state index contributed by atoms with van der Waals surface area (Å²) in [5, 5.41) is 8.25. The van der Waals surface area contributed by atoms with Crippen molar-refractivity contribution in [2.24, 2.45) is 11.8 Å². The Morgan fingerprint density at radius 1 is 1.07 bits per heavy atom. The van der Waals surface area contributed by atoms with Crippen LogP contribution in [0.2, 0.25) is 0 Å². The summed E-state index contributed by atoms with van der Waals surface area (Å²) >= 11 is 0. The van der Waals surface area contributed by atoms with E-state index in [0.717, 1.165) is 24.0 Å². The average Bonchev–Trinajstić information content (AvgIpc) is 3.66. The van der Waals surface area contributed by atoms with Gasteiger partial charge in [0.25, 0.3) is 0 Å². The lowest BCUT2D eigenvalue weighted by Crippen LogP contribution is -2.40. The zero-order valence-corrected chi connectivity index (χ0v) is 16.8. The Balaban J connectivity index is 1.24. The van der Waals surface area contributed by atoms with Gasteiger partial charge in [-0.1, -0.05) is 12.1 Å². The van der Waals surface area contributed by atoms with Crippen molar-refractivity contribution in [3.05, 3.63) is 41.6 Å². The normalized spacial score (nSPS) is 16.4. The molecule has 1 aromatic carbocycles. The van der Waals surface area contributed by atoms with Gasteiger partial charge in [-0.2, -0.15) is 0 Å². The van der Waals surface area contributed by atoms with E-state index in [9.17, 15) is 4.79 Å². The maximum Gasteiger partial charge on any atom is 0.223 e. The van der Waals surface area contributed by atoms with E-state index in [1.54, 1.807) is 7.11 Å². The van der Waals surface area contributed by atoms with Crippen molar-refractivity contribution in [2.45, 2.75) is 57.4 Å². The molecule has 0 atom stereocenters. The number of amides is 1. The number of methoxy groups -OCH3 is 1. The Labute approximate surface area is 166 Å². The van der Waals surface area contributed by atoms with Crippen LogP contribution in [-0.4, -0.2) is 41.2 Å². The molecule has 0 bridgehead atoms. The predicted molar refractivity (Wildman–Crippen MR) is 105 cm³/mol. The van der Waals surface area contributed by atoms with Gasteiger partial charge in [0.15, 0.2) is 0 Å². The molecule has 150 valence electrons. The van der Waals surface area contributed by atoms with Crippen LogP contribution in [-0.2, 0) is 24.1 Å². The van der Waals surface area contributed by atoms with Crippen LogP contribution in [0.15, 0.2) is 28.7 Å². The molecule has 0 radical (unpaired) electrons. The van der Waals surface area contributed by atoms with Crippen molar-refractivity contribution in [1.82, 2.24) is 15.1 Å². The van der Waals surface area contributed by atoms with Gasteiger partial charge in [0.1, 0.15) is 5.75 Å². The standard InChI is InChI=1S/C22H29N3O3/c1-25(22(16-6-7-16)17-8-9-17)21(26)14-13-20-24-23-19(28-20)12-5-15-3-10-18(27-2)11-4-15/h3-4,10-11,16-17,22H,5-9,12-14H2,1-2H3. The van der Waals surface area contributed by atoms with Crippen LogP contribution >= 0.6 is 0 Å². The number of hydrogen-bond acceptors (Lipinski definition) is 5. The Bertz CT molecular complexity index is 782. The summed E-state index contributed by atoms with van der Waals surface area (Å²) in [6.45, 7) is 0. The van der Waals surface area contributed by atoms with E-state index < -0.39 is 0 Å². The van der Waals surface area contributed by atoms with Gasteiger partial charge in [-0.3, -0.25) is 4.79 Å². The number of ether oxygens (including phenoxy) is 1. The molecule has 0 unspecified atom stereocenters. The molecule has 6 heteroatoms. The summed E-state index contributed by atoms with van der Waals surface area (Å²) in [6.07, 6.45) is 7.59. The minimum Gasteiger partial charge on any atom is -0.497 e. The number of aromatic nitrogens is 2. The van der Waals surface area contributed by atoms with E-state index in [2.05, 4.69) is 10.2 Å². The second kappa shape index (κ2) is 8.33. The second-order valence-corrected chi connectivity index (χ2v) is 8.11. The van der Waals surface area contributed by atoms with Crippen LogP contribution in [0, 0.1) is 11.8 Å². The van der Waals surface area contributed by atoms with E-state index in [-0.39, 0.29) is 5.91 Å². The van der Waals surface area contributed by atoms with Crippen LogP contribution in [0.3, 0.4) is 0 Å². The van der Waals surface area contributed by atoms with Gasteiger partial charge >= 0.3 is 0 Å². The molecule has 2 fully saturated rings. The number of aryl methyl sites for hydroxylation is 3. The molecule has 2 aliphatic rings. The van der Waals surface area contributed by atoms with Crippen molar-refractivity contribution in [1.29, 1.82) is 0 Å². The Morgan fingerprint density at radius 2 is 1.68 bits per heavy atom. The highest BCUT2D eigenvalue weighted by molar-refractivity contribution is 5.76. The van der Waals surface area contributed by atoms with Crippen molar-refractivity contribution in [2.75, 3.05) is 14.2 Å². The van der Waals surface area contributed by atoms with Crippen LogP contribution in [0.1, 0.15) is 49.4 Å². The molecule has 0 N–H and O–H groups in total. The molecule has 0 aliphatic heterocycles. The molecule has 0 saturated heterocycles. The van der Waals surface area contributed by atoms with Crippen LogP contribution in [0.5, 0.6) is 5.75 Å². The first-order valence-corrected chi connectivity index (χ1v) is 10.3. The number of carbonyl (C=O) groups is 1. The lowest BCUT2D eigenvalue weighted by atomic mass is 10.1. The molecule has 1 heterocycles. The van der Waals surface area contributed by atoms with Crippen LogP contribution in [0.4, 0.5) is 0 Å². The molecule has 1 aromatic heterocycles. The first-order chi connectivity index (χ1) is 13.6. The van der Waals surface area contributed by atoms with Gasteiger partial charge in [-0.05, 0) is 61.6 Å². The Hall–Kier alpha value is -2.37. The fraction of sp³-hybridized carbons (Fsp3) is 0.591. The minimum absolute atomic E-state index is 0.196. The molecule has 28 heavy (non-hydrogen) atoms. The van der Waals surface area contributed by atoms with E-state index in [1.807, 2.05) is 36.2 Å². The van der Waals surface area contributed by atoms with Gasteiger partial charge in [0.05, 0.1) is 7.11 Å².